The van der Waals surface area contributed by atoms with E-state index in [4.69, 9.17) is 0 Å². The molecule has 0 spiro atoms. The quantitative estimate of drug-likeness (QED) is 0.808. The first-order chi connectivity index (χ1) is 11.0. The molecule has 1 aromatic heterocycles. The lowest BCUT2D eigenvalue weighted by Crippen LogP contribution is -2.29. The maximum absolute atomic E-state index is 12.5. The number of hydrogen-bond acceptors (Lipinski definition) is 2. The molecule has 0 atom stereocenters. The highest BCUT2D eigenvalue weighted by Gasteiger charge is 2.14. The summed E-state index contributed by atoms with van der Waals surface area (Å²) in [7, 11) is 1.71. The van der Waals surface area contributed by atoms with Crippen molar-refractivity contribution in [2.24, 2.45) is 0 Å². The Morgan fingerprint density at radius 3 is 2.65 bits per heavy atom. The van der Waals surface area contributed by atoms with Crippen LogP contribution in [0.3, 0.4) is 0 Å². The molecule has 3 rings (SSSR count). The van der Waals surface area contributed by atoms with Crippen molar-refractivity contribution in [1.82, 2.24) is 9.88 Å². The molecular formula is C19H18N2O2. The molecule has 3 aromatic rings. The van der Waals surface area contributed by atoms with Crippen molar-refractivity contribution in [3.05, 3.63) is 81.6 Å². The second-order valence-electron chi connectivity index (χ2n) is 5.74. The van der Waals surface area contributed by atoms with Crippen LogP contribution in [0.4, 0.5) is 0 Å². The summed E-state index contributed by atoms with van der Waals surface area (Å²) in [4.78, 5) is 29.1. The number of benzene rings is 2. The van der Waals surface area contributed by atoms with E-state index in [1.807, 2.05) is 55.5 Å². The highest BCUT2D eigenvalue weighted by molar-refractivity contribution is 5.94. The molecule has 0 aliphatic heterocycles. The Balaban J connectivity index is 1.88. The predicted octanol–water partition coefficient (Wildman–Crippen LogP) is 3.11. The molecule has 0 aliphatic carbocycles. The number of carbonyl (C=O) groups is 1. The second kappa shape index (κ2) is 6.08. The lowest BCUT2D eigenvalue weighted by molar-refractivity contribution is 0.0784. The number of nitrogens with one attached hydrogen (secondary N) is 1. The van der Waals surface area contributed by atoms with E-state index < -0.39 is 0 Å². The van der Waals surface area contributed by atoms with Crippen molar-refractivity contribution in [2.45, 2.75) is 13.5 Å². The number of nitrogens with zero attached hydrogens (tertiary/aromatic N) is 1. The Morgan fingerprint density at radius 2 is 1.87 bits per heavy atom. The smallest absolute Gasteiger partial charge is 0.253 e. The fourth-order valence-electron chi connectivity index (χ4n) is 2.64. The summed E-state index contributed by atoms with van der Waals surface area (Å²) in [6, 6.07) is 16.9. The van der Waals surface area contributed by atoms with Crippen LogP contribution in [0, 0.1) is 6.92 Å². The Kier molecular flexibility index (Phi) is 3.98. The molecule has 2 aromatic carbocycles. The van der Waals surface area contributed by atoms with Crippen LogP contribution in [0.1, 0.15) is 21.5 Å². The first kappa shape index (κ1) is 15.0. The predicted molar refractivity (Wildman–Crippen MR) is 91.5 cm³/mol. The number of rotatable bonds is 3. The van der Waals surface area contributed by atoms with Gasteiger partial charge in [-0.25, -0.2) is 0 Å². The summed E-state index contributed by atoms with van der Waals surface area (Å²) in [5, 5.41) is 0.957. The molecule has 4 heteroatoms. The zero-order chi connectivity index (χ0) is 16.4. The average molecular weight is 306 g/mol. The van der Waals surface area contributed by atoms with E-state index in [-0.39, 0.29) is 18.0 Å². The number of pyridine rings is 1. The van der Waals surface area contributed by atoms with Gasteiger partial charge in [-0.3, -0.25) is 9.59 Å². The van der Waals surface area contributed by atoms with Gasteiger partial charge in [-0.2, -0.15) is 0 Å². The molecule has 1 amide bonds. The standard InChI is InChI=1S/C19H18N2O2/c1-13-6-5-8-15(10-13)19(23)21(2)12-16-11-14-7-3-4-9-17(14)20-18(16)22/h3-11H,12H2,1-2H3,(H,20,22). The summed E-state index contributed by atoms with van der Waals surface area (Å²) in [5.41, 5.74) is 2.88. The first-order valence-electron chi connectivity index (χ1n) is 7.47. The third-order valence-corrected chi connectivity index (χ3v) is 3.85. The molecule has 0 bridgehead atoms. The number of aryl methyl sites for hydroxylation is 1. The van der Waals surface area contributed by atoms with Crippen LogP contribution >= 0.6 is 0 Å². The van der Waals surface area contributed by atoms with Crippen molar-refractivity contribution in [3.63, 3.8) is 0 Å². The summed E-state index contributed by atoms with van der Waals surface area (Å²) >= 11 is 0. The van der Waals surface area contributed by atoms with E-state index in [1.54, 1.807) is 18.0 Å². The van der Waals surface area contributed by atoms with Crippen molar-refractivity contribution in [3.8, 4) is 0 Å². The summed E-state index contributed by atoms with van der Waals surface area (Å²) in [5.74, 6) is -0.0961. The molecule has 4 nitrogen and oxygen atoms in total. The minimum Gasteiger partial charge on any atom is -0.337 e. The van der Waals surface area contributed by atoms with Gasteiger partial charge in [-0.15, -0.1) is 0 Å². The van der Waals surface area contributed by atoms with Crippen LogP contribution in [0.25, 0.3) is 10.9 Å². The number of amides is 1. The molecule has 0 radical (unpaired) electrons. The molecule has 1 N–H and O–H groups in total. The largest absolute Gasteiger partial charge is 0.337 e. The van der Waals surface area contributed by atoms with Crippen LogP contribution in [-0.4, -0.2) is 22.8 Å². The van der Waals surface area contributed by atoms with Gasteiger partial charge in [0.2, 0.25) is 0 Å². The highest BCUT2D eigenvalue weighted by atomic mass is 16.2. The number of aromatic amines is 1. The van der Waals surface area contributed by atoms with Gasteiger partial charge in [0.1, 0.15) is 0 Å². The van der Waals surface area contributed by atoms with E-state index >= 15 is 0 Å². The molecule has 1 heterocycles. The zero-order valence-corrected chi connectivity index (χ0v) is 13.2. The van der Waals surface area contributed by atoms with Crippen molar-refractivity contribution < 1.29 is 4.79 Å². The van der Waals surface area contributed by atoms with E-state index in [0.717, 1.165) is 16.5 Å². The van der Waals surface area contributed by atoms with Crippen molar-refractivity contribution >= 4 is 16.8 Å². The summed E-state index contributed by atoms with van der Waals surface area (Å²) in [6.45, 7) is 2.22. The molecule has 0 fully saturated rings. The molecule has 0 unspecified atom stereocenters. The Hall–Kier alpha value is -2.88. The maximum Gasteiger partial charge on any atom is 0.253 e. The lowest BCUT2D eigenvalue weighted by Gasteiger charge is -2.17. The van der Waals surface area contributed by atoms with Gasteiger partial charge in [-0.05, 0) is 36.6 Å². The number of carbonyl (C=O) groups excluding carboxylic acids is 1. The van der Waals surface area contributed by atoms with Crippen molar-refractivity contribution in [1.29, 1.82) is 0 Å². The number of fused-ring (bicyclic) bond motifs is 1. The number of H-pyrrole nitrogens is 1. The Bertz CT molecular complexity index is 928. The maximum atomic E-state index is 12.5. The molecule has 0 saturated heterocycles. The number of para-hydroxylation sites is 1. The van der Waals surface area contributed by atoms with Crippen molar-refractivity contribution in [2.75, 3.05) is 7.05 Å². The van der Waals surface area contributed by atoms with Crippen LogP contribution in [-0.2, 0) is 6.54 Å². The van der Waals surface area contributed by atoms with Crippen LogP contribution in [0.5, 0.6) is 0 Å². The fraction of sp³-hybridized carbons (Fsp3) is 0.158. The molecule has 0 saturated carbocycles. The first-order valence-corrected chi connectivity index (χ1v) is 7.47. The fourth-order valence-corrected chi connectivity index (χ4v) is 2.64. The third-order valence-electron chi connectivity index (χ3n) is 3.85. The average Bonchev–Trinajstić information content (AvgIpc) is 2.54. The minimum atomic E-state index is -0.160. The molecule has 23 heavy (non-hydrogen) atoms. The third kappa shape index (κ3) is 3.16. The Morgan fingerprint density at radius 1 is 1.09 bits per heavy atom. The van der Waals surface area contributed by atoms with E-state index in [2.05, 4.69) is 4.98 Å². The monoisotopic (exact) mass is 306 g/mol. The van der Waals surface area contributed by atoms with Crippen LogP contribution in [0.15, 0.2) is 59.4 Å². The summed E-state index contributed by atoms with van der Waals surface area (Å²) < 4.78 is 0. The number of hydrogen-bond donors (Lipinski definition) is 1. The van der Waals surface area contributed by atoms with E-state index in [1.165, 1.54) is 0 Å². The summed E-state index contributed by atoms with van der Waals surface area (Å²) in [6.07, 6.45) is 0. The van der Waals surface area contributed by atoms with Gasteiger partial charge in [0.15, 0.2) is 0 Å². The van der Waals surface area contributed by atoms with Crippen LogP contribution < -0.4 is 5.56 Å². The van der Waals surface area contributed by atoms with Gasteiger partial charge < -0.3 is 9.88 Å². The van der Waals surface area contributed by atoms with Gasteiger partial charge in [0.05, 0.1) is 6.54 Å². The van der Waals surface area contributed by atoms with Gasteiger partial charge in [-0.1, -0.05) is 35.9 Å². The zero-order valence-electron chi connectivity index (χ0n) is 13.2. The molecule has 116 valence electrons. The topological polar surface area (TPSA) is 53.2 Å². The van der Waals surface area contributed by atoms with E-state index in [9.17, 15) is 9.59 Å². The molecule has 0 aliphatic rings. The molecular weight excluding hydrogens is 288 g/mol. The Labute approximate surface area is 134 Å². The number of aromatic nitrogens is 1. The van der Waals surface area contributed by atoms with E-state index in [0.29, 0.717) is 11.1 Å². The van der Waals surface area contributed by atoms with Crippen LogP contribution in [0.2, 0.25) is 0 Å². The lowest BCUT2D eigenvalue weighted by atomic mass is 10.1. The normalized spacial score (nSPS) is 10.7. The second-order valence-corrected chi connectivity index (χ2v) is 5.74. The van der Waals surface area contributed by atoms with Gasteiger partial charge in [0, 0.05) is 23.7 Å². The minimum absolute atomic E-state index is 0.0961. The van der Waals surface area contributed by atoms with Gasteiger partial charge in [0.25, 0.3) is 11.5 Å². The highest BCUT2D eigenvalue weighted by Crippen LogP contribution is 2.13. The SMILES string of the molecule is Cc1cccc(C(=O)N(C)Cc2cc3ccccc3[nH]c2=O)c1. The van der Waals surface area contributed by atoms with Gasteiger partial charge >= 0.3 is 0 Å².